The van der Waals surface area contributed by atoms with Crippen LogP contribution in [0.2, 0.25) is 0 Å². The van der Waals surface area contributed by atoms with Gasteiger partial charge in [-0.15, -0.1) is 13.2 Å². The number of benzene rings is 2. The number of carbonyl (C=O) groups excluding carboxylic acids is 2. The number of likely N-dealkylation sites (tertiary alicyclic amines) is 1. The Balaban J connectivity index is 1.22. The average Bonchev–Trinajstić information content (AvgIpc) is 3.44. The fourth-order valence-corrected chi connectivity index (χ4v) is 5.92. The predicted molar refractivity (Wildman–Crippen MR) is 132 cm³/mol. The van der Waals surface area contributed by atoms with Gasteiger partial charge in [-0.2, -0.15) is 0 Å². The number of para-hydroxylation sites is 1. The normalized spacial score (nSPS) is 24.4. The van der Waals surface area contributed by atoms with E-state index in [9.17, 15) is 22.8 Å². The van der Waals surface area contributed by atoms with E-state index in [0.717, 1.165) is 18.5 Å². The van der Waals surface area contributed by atoms with Crippen LogP contribution in [0.25, 0.3) is 0 Å². The minimum atomic E-state index is -4.75. The molecule has 7 nitrogen and oxygen atoms in total. The summed E-state index contributed by atoms with van der Waals surface area (Å²) in [5, 5.41) is 3.04. The zero-order chi connectivity index (χ0) is 26.2. The number of nitrogens with zero attached hydrogens (tertiary/aromatic N) is 3. The minimum Gasteiger partial charge on any atom is -0.406 e. The molecule has 1 N–H and O–H groups in total. The lowest BCUT2D eigenvalue weighted by molar-refractivity contribution is -0.274. The SMILES string of the molecule is CN1[C@@H](CCC(=O)N2CCc3ccccc32)CNC(=O)[C@@H]2[C@H]1CCN2Cc1cccc(OC(F)(F)F)c1. The summed E-state index contributed by atoms with van der Waals surface area (Å²) in [6.07, 6.45) is -2.10. The molecule has 0 aromatic heterocycles. The van der Waals surface area contributed by atoms with Gasteiger partial charge in [-0.1, -0.05) is 30.3 Å². The Labute approximate surface area is 214 Å². The van der Waals surface area contributed by atoms with Gasteiger partial charge >= 0.3 is 6.36 Å². The molecule has 3 aliphatic heterocycles. The largest absolute Gasteiger partial charge is 0.573 e. The zero-order valence-corrected chi connectivity index (χ0v) is 20.7. The molecule has 2 fully saturated rings. The Kier molecular flexibility index (Phi) is 7.13. The molecular weight excluding hydrogens is 485 g/mol. The van der Waals surface area contributed by atoms with E-state index in [2.05, 4.69) is 21.0 Å². The average molecular weight is 517 g/mol. The second-order valence-corrected chi connectivity index (χ2v) is 9.99. The van der Waals surface area contributed by atoms with Crippen molar-refractivity contribution in [2.45, 2.75) is 56.7 Å². The van der Waals surface area contributed by atoms with Crippen molar-refractivity contribution in [1.82, 2.24) is 15.1 Å². The predicted octanol–water partition coefficient (Wildman–Crippen LogP) is 3.33. The number of hydrogen-bond donors (Lipinski definition) is 1. The molecule has 10 heteroatoms. The molecule has 2 aromatic carbocycles. The summed E-state index contributed by atoms with van der Waals surface area (Å²) >= 11 is 0. The molecule has 0 saturated carbocycles. The number of rotatable bonds is 6. The maximum Gasteiger partial charge on any atom is 0.573 e. The number of likely N-dealkylation sites (N-methyl/N-ethyl adjacent to an activating group) is 1. The molecule has 5 rings (SSSR count). The smallest absolute Gasteiger partial charge is 0.406 e. The monoisotopic (exact) mass is 516 g/mol. The van der Waals surface area contributed by atoms with Crippen molar-refractivity contribution in [2.24, 2.45) is 0 Å². The summed E-state index contributed by atoms with van der Waals surface area (Å²) in [5.74, 6) is -0.257. The first kappa shape index (κ1) is 25.5. The lowest BCUT2D eigenvalue weighted by Crippen LogP contribution is -2.49. The third-order valence-electron chi connectivity index (χ3n) is 7.75. The molecule has 37 heavy (non-hydrogen) atoms. The van der Waals surface area contributed by atoms with Gasteiger partial charge in [0, 0.05) is 50.4 Å². The van der Waals surface area contributed by atoms with Crippen LogP contribution in [-0.4, -0.2) is 72.8 Å². The number of ether oxygens (including phenoxy) is 1. The summed E-state index contributed by atoms with van der Waals surface area (Å²) in [7, 11) is 2.00. The van der Waals surface area contributed by atoms with Gasteiger partial charge in [0.15, 0.2) is 0 Å². The number of anilines is 1. The lowest BCUT2D eigenvalue weighted by Gasteiger charge is -2.33. The van der Waals surface area contributed by atoms with Gasteiger partial charge in [-0.25, -0.2) is 0 Å². The number of fused-ring (bicyclic) bond motifs is 2. The number of alkyl halides is 3. The van der Waals surface area contributed by atoms with Gasteiger partial charge in [0.25, 0.3) is 0 Å². The van der Waals surface area contributed by atoms with E-state index < -0.39 is 12.4 Å². The van der Waals surface area contributed by atoms with Crippen LogP contribution in [0.4, 0.5) is 18.9 Å². The molecule has 3 atom stereocenters. The molecular formula is C27H31F3N4O3. The van der Waals surface area contributed by atoms with E-state index in [4.69, 9.17) is 0 Å². The topological polar surface area (TPSA) is 65.1 Å². The number of halogens is 3. The molecule has 0 bridgehead atoms. The van der Waals surface area contributed by atoms with E-state index in [-0.39, 0.29) is 29.6 Å². The van der Waals surface area contributed by atoms with Crippen LogP contribution in [0.5, 0.6) is 5.75 Å². The van der Waals surface area contributed by atoms with Crippen LogP contribution >= 0.6 is 0 Å². The molecule has 198 valence electrons. The molecule has 2 amide bonds. The summed E-state index contributed by atoms with van der Waals surface area (Å²) in [6.45, 7) is 2.14. The molecule has 0 spiro atoms. The van der Waals surface area contributed by atoms with Gasteiger partial charge in [0.2, 0.25) is 11.8 Å². The highest BCUT2D eigenvalue weighted by Gasteiger charge is 2.45. The first-order valence-corrected chi connectivity index (χ1v) is 12.7. The fraction of sp³-hybridized carbons (Fsp3) is 0.481. The highest BCUT2D eigenvalue weighted by atomic mass is 19.4. The standard InChI is InChI=1S/C27H31F3N4O3/c1-32-20(9-10-24(35)34-14-11-19-6-2-3-8-22(19)34)16-31-26(36)25-23(32)12-13-33(25)17-18-5-4-7-21(15-18)37-27(28,29)30/h2-8,15,20,23,25H,9-14,16-17H2,1H3,(H,31,36)/t20-,23+,25-/m0/s1. The lowest BCUT2D eigenvalue weighted by atomic mass is 10.0. The zero-order valence-electron chi connectivity index (χ0n) is 20.7. The fourth-order valence-electron chi connectivity index (χ4n) is 5.92. The van der Waals surface area contributed by atoms with E-state index in [1.54, 1.807) is 6.07 Å². The highest BCUT2D eigenvalue weighted by molar-refractivity contribution is 5.95. The summed E-state index contributed by atoms with van der Waals surface area (Å²) in [4.78, 5) is 32.2. The van der Waals surface area contributed by atoms with Crippen molar-refractivity contribution in [1.29, 1.82) is 0 Å². The van der Waals surface area contributed by atoms with Crippen molar-refractivity contribution < 1.29 is 27.5 Å². The van der Waals surface area contributed by atoms with Crippen LogP contribution in [0.15, 0.2) is 48.5 Å². The Morgan fingerprint density at radius 1 is 1.14 bits per heavy atom. The van der Waals surface area contributed by atoms with Crippen LogP contribution < -0.4 is 15.0 Å². The van der Waals surface area contributed by atoms with Crippen LogP contribution in [0.3, 0.4) is 0 Å². The maximum absolute atomic E-state index is 13.1. The van der Waals surface area contributed by atoms with E-state index in [1.165, 1.54) is 23.8 Å². The van der Waals surface area contributed by atoms with Gasteiger partial charge in [-0.3, -0.25) is 19.4 Å². The Bertz CT molecular complexity index is 1160. The molecule has 3 heterocycles. The van der Waals surface area contributed by atoms with Crippen molar-refractivity contribution >= 4 is 17.5 Å². The van der Waals surface area contributed by atoms with E-state index in [1.807, 2.05) is 35.0 Å². The molecule has 2 aromatic rings. The quantitative estimate of drug-likeness (QED) is 0.638. The van der Waals surface area contributed by atoms with Crippen molar-refractivity contribution in [3.05, 3.63) is 59.7 Å². The molecule has 3 aliphatic rings. The van der Waals surface area contributed by atoms with Crippen LogP contribution in [0.1, 0.15) is 30.4 Å². The number of hydrogen-bond acceptors (Lipinski definition) is 5. The molecule has 2 saturated heterocycles. The Morgan fingerprint density at radius 2 is 1.95 bits per heavy atom. The van der Waals surface area contributed by atoms with Crippen LogP contribution in [0, 0.1) is 0 Å². The van der Waals surface area contributed by atoms with Crippen molar-refractivity contribution in [3.8, 4) is 5.75 Å². The number of amides is 2. The van der Waals surface area contributed by atoms with Gasteiger partial charge in [0.05, 0.1) is 0 Å². The van der Waals surface area contributed by atoms with Gasteiger partial charge < -0.3 is 15.0 Å². The minimum absolute atomic E-state index is 0.0178. The highest BCUT2D eigenvalue weighted by Crippen LogP contribution is 2.31. The number of nitrogens with one attached hydrogen (secondary N) is 1. The third-order valence-corrected chi connectivity index (χ3v) is 7.75. The Hall–Kier alpha value is -3.11. The summed E-state index contributed by atoms with van der Waals surface area (Å²) in [6, 6.07) is 13.4. The Morgan fingerprint density at radius 3 is 2.76 bits per heavy atom. The second-order valence-electron chi connectivity index (χ2n) is 9.99. The molecule has 0 unspecified atom stereocenters. The van der Waals surface area contributed by atoms with Crippen LogP contribution in [-0.2, 0) is 22.6 Å². The maximum atomic E-state index is 13.1. The first-order valence-electron chi connectivity index (χ1n) is 12.7. The summed E-state index contributed by atoms with van der Waals surface area (Å²) < 4.78 is 41.9. The number of carbonyl (C=O) groups is 2. The molecule has 0 aliphatic carbocycles. The molecule has 0 radical (unpaired) electrons. The van der Waals surface area contributed by atoms with Gasteiger partial charge in [0.1, 0.15) is 11.8 Å². The van der Waals surface area contributed by atoms with Crippen molar-refractivity contribution in [3.63, 3.8) is 0 Å². The van der Waals surface area contributed by atoms with E-state index in [0.29, 0.717) is 44.6 Å². The second kappa shape index (κ2) is 10.3. The van der Waals surface area contributed by atoms with Crippen molar-refractivity contribution in [2.75, 3.05) is 31.6 Å². The third kappa shape index (κ3) is 5.60. The van der Waals surface area contributed by atoms with Gasteiger partial charge in [-0.05, 0) is 55.6 Å². The summed E-state index contributed by atoms with van der Waals surface area (Å²) in [5.41, 5.74) is 2.83. The van der Waals surface area contributed by atoms with E-state index >= 15 is 0 Å². The first-order chi connectivity index (χ1) is 17.7.